The van der Waals surface area contributed by atoms with Crippen molar-refractivity contribution in [3.8, 4) is 0 Å². The number of rotatable bonds is 5. The van der Waals surface area contributed by atoms with Gasteiger partial charge in [-0.1, -0.05) is 0 Å². The Balaban J connectivity index is 2.93. The highest BCUT2D eigenvalue weighted by atomic mass is 16.7. The minimum absolute atomic E-state index is 0.256. The zero-order valence-electron chi connectivity index (χ0n) is 10.9. The third-order valence-electron chi connectivity index (χ3n) is 3.07. The molecule has 1 rings (SSSR count). The van der Waals surface area contributed by atoms with Crippen LogP contribution in [-0.2, 0) is 14.3 Å². The average Bonchev–Trinajstić information content (AvgIpc) is 2.33. The van der Waals surface area contributed by atoms with Crippen molar-refractivity contribution in [1.82, 2.24) is 5.32 Å². The molecule has 0 spiro atoms. The van der Waals surface area contributed by atoms with E-state index < -0.39 is 55.0 Å². The Hall–Kier alpha value is -1.26. The van der Waals surface area contributed by atoms with E-state index in [0.29, 0.717) is 0 Å². The Bertz CT molecular complexity index is 375. The lowest BCUT2D eigenvalue weighted by molar-refractivity contribution is -0.280. The number of hydrogen-bond acceptors (Lipinski definition) is 7. The third-order valence-corrected chi connectivity index (χ3v) is 3.07. The van der Waals surface area contributed by atoms with E-state index in [9.17, 15) is 24.9 Å². The molecule has 20 heavy (non-hydrogen) atoms. The summed E-state index contributed by atoms with van der Waals surface area (Å²) in [6, 6.07) is -0.992. The van der Waals surface area contributed by atoms with Crippen LogP contribution in [0.1, 0.15) is 19.8 Å². The molecule has 1 heterocycles. The van der Waals surface area contributed by atoms with Gasteiger partial charge in [-0.3, -0.25) is 4.79 Å². The number of hydrogen-bond donors (Lipinski definition) is 6. The monoisotopic (exact) mass is 293 g/mol. The summed E-state index contributed by atoms with van der Waals surface area (Å²) >= 11 is 0. The molecule has 5 atom stereocenters. The van der Waals surface area contributed by atoms with Crippen molar-refractivity contribution in [3.63, 3.8) is 0 Å². The molecule has 0 radical (unpaired) electrons. The number of aliphatic hydroxyl groups is 4. The lowest BCUT2D eigenvalue weighted by Crippen LogP contribution is -2.63. The largest absolute Gasteiger partial charge is 0.477 e. The van der Waals surface area contributed by atoms with Gasteiger partial charge in [-0.15, -0.1) is 0 Å². The molecule has 0 aromatic carbocycles. The van der Waals surface area contributed by atoms with E-state index in [4.69, 9.17) is 14.9 Å². The predicted octanol–water partition coefficient (Wildman–Crippen LogP) is -2.84. The van der Waals surface area contributed by atoms with Gasteiger partial charge in [0, 0.05) is 19.8 Å². The summed E-state index contributed by atoms with van der Waals surface area (Å²) in [7, 11) is 0. The maximum absolute atomic E-state index is 11.1. The molecule has 9 heteroatoms. The molecule has 1 saturated heterocycles. The SMILES string of the molecule is CC(=O)N[C@@H]1C(O)C[C@](O)(C(=O)O)OC1C[C@H](O)CO. The van der Waals surface area contributed by atoms with E-state index in [1.54, 1.807) is 0 Å². The summed E-state index contributed by atoms with van der Waals surface area (Å²) in [4.78, 5) is 22.1. The Labute approximate surface area is 114 Å². The summed E-state index contributed by atoms with van der Waals surface area (Å²) in [5.41, 5.74) is 0. The number of carbonyl (C=O) groups is 2. The summed E-state index contributed by atoms with van der Waals surface area (Å²) < 4.78 is 5.00. The molecule has 116 valence electrons. The van der Waals surface area contributed by atoms with Gasteiger partial charge < -0.3 is 35.6 Å². The van der Waals surface area contributed by atoms with E-state index in [-0.39, 0.29) is 6.42 Å². The summed E-state index contributed by atoms with van der Waals surface area (Å²) in [5, 5.41) is 49.2. The van der Waals surface area contributed by atoms with Gasteiger partial charge in [-0.2, -0.15) is 0 Å². The van der Waals surface area contributed by atoms with Gasteiger partial charge in [-0.05, 0) is 0 Å². The second-order valence-corrected chi connectivity index (χ2v) is 4.82. The first kappa shape index (κ1) is 16.8. The van der Waals surface area contributed by atoms with E-state index in [1.165, 1.54) is 6.92 Å². The molecule has 0 aliphatic carbocycles. The summed E-state index contributed by atoms with van der Waals surface area (Å²) in [6.45, 7) is 0.596. The smallest absolute Gasteiger partial charge is 0.364 e. The third kappa shape index (κ3) is 3.87. The molecular weight excluding hydrogens is 274 g/mol. The first-order valence-corrected chi connectivity index (χ1v) is 6.07. The Morgan fingerprint density at radius 1 is 1.50 bits per heavy atom. The molecular formula is C11H19NO8. The van der Waals surface area contributed by atoms with Crippen molar-refractivity contribution >= 4 is 11.9 Å². The fraction of sp³-hybridized carbons (Fsp3) is 0.818. The fourth-order valence-electron chi connectivity index (χ4n) is 2.13. The highest BCUT2D eigenvalue weighted by molar-refractivity contribution is 5.76. The van der Waals surface area contributed by atoms with E-state index >= 15 is 0 Å². The van der Waals surface area contributed by atoms with Crippen LogP contribution in [0.15, 0.2) is 0 Å². The van der Waals surface area contributed by atoms with Crippen LogP contribution in [0.4, 0.5) is 0 Å². The van der Waals surface area contributed by atoms with Gasteiger partial charge in [0.1, 0.15) is 0 Å². The molecule has 0 bridgehead atoms. The molecule has 1 aliphatic heterocycles. The molecule has 1 aliphatic rings. The average molecular weight is 293 g/mol. The van der Waals surface area contributed by atoms with Gasteiger partial charge in [0.05, 0.1) is 31.0 Å². The molecule has 1 amide bonds. The number of aliphatic carboxylic acids is 1. The van der Waals surface area contributed by atoms with Crippen molar-refractivity contribution in [3.05, 3.63) is 0 Å². The van der Waals surface area contributed by atoms with Crippen molar-refractivity contribution in [2.75, 3.05) is 6.61 Å². The number of carboxylic acid groups (broad SMARTS) is 1. The first-order chi connectivity index (χ1) is 9.19. The fourth-order valence-corrected chi connectivity index (χ4v) is 2.13. The highest BCUT2D eigenvalue weighted by Gasteiger charge is 2.51. The van der Waals surface area contributed by atoms with Crippen LogP contribution >= 0.6 is 0 Å². The number of amides is 1. The van der Waals surface area contributed by atoms with Crippen LogP contribution in [0.2, 0.25) is 0 Å². The molecule has 0 aromatic rings. The lowest BCUT2D eigenvalue weighted by Gasteiger charge is -2.42. The maximum atomic E-state index is 11.1. The topological polar surface area (TPSA) is 157 Å². The van der Waals surface area contributed by atoms with Crippen LogP contribution in [-0.4, -0.2) is 74.2 Å². The Morgan fingerprint density at radius 2 is 2.10 bits per heavy atom. The van der Waals surface area contributed by atoms with Gasteiger partial charge in [-0.25, -0.2) is 4.79 Å². The predicted molar refractivity (Wildman–Crippen MR) is 63.4 cm³/mol. The zero-order chi connectivity index (χ0) is 15.5. The second kappa shape index (κ2) is 6.46. The number of aliphatic hydroxyl groups excluding tert-OH is 3. The number of ether oxygens (including phenoxy) is 1. The van der Waals surface area contributed by atoms with Crippen molar-refractivity contribution in [1.29, 1.82) is 0 Å². The Morgan fingerprint density at radius 3 is 2.55 bits per heavy atom. The van der Waals surface area contributed by atoms with E-state index in [1.807, 2.05) is 0 Å². The molecule has 0 saturated carbocycles. The second-order valence-electron chi connectivity index (χ2n) is 4.82. The van der Waals surface area contributed by atoms with Crippen LogP contribution in [0.3, 0.4) is 0 Å². The first-order valence-electron chi connectivity index (χ1n) is 6.07. The Kier molecular flexibility index (Phi) is 5.42. The molecule has 2 unspecified atom stereocenters. The van der Waals surface area contributed by atoms with Crippen molar-refractivity contribution < 1.29 is 39.9 Å². The summed E-state index contributed by atoms with van der Waals surface area (Å²) in [6.07, 6.45) is -4.65. The lowest BCUT2D eigenvalue weighted by atomic mass is 9.90. The van der Waals surface area contributed by atoms with Gasteiger partial charge in [0.25, 0.3) is 5.79 Å². The summed E-state index contributed by atoms with van der Waals surface area (Å²) in [5.74, 6) is -4.77. The van der Waals surface area contributed by atoms with Crippen molar-refractivity contribution in [2.24, 2.45) is 0 Å². The maximum Gasteiger partial charge on any atom is 0.364 e. The zero-order valence-corrected chi connectivity index (χ0v) is 10.9. The van der Waals surface area contributed by atoms with Crippen molar-refractivity contribution in [2.45, 2.75) is 49.9 Å². The number of carbonyl (C=O) groups excluding carboxylic acids is 1. The quantitative estimate of drug-likeness (QED) is 0.316. The number of nitrogens with one attached hydrogen (secondary N) is 1. The van der Waals surface area contributed by atoms with Crippen LogP contribution in [0.5, 0.6) is 0 Å². The molecule has 9 nitrogen and oxygen atoms in total. The van der Waals surface area contributed by atoms with Crippen LogP contribution in [0.25, 0.3) is 0 Å². The highest BCUT2D eigenvalue weighted by Crippen LogP contribution is 2.30. The standard InChI is InChI=1S/C11H19NO8/c1-5(14)12-9-7(16)3-11(19,10(17)18)20-8(9)2-6(15)4-13/h6-9,13,15-16,19H,2-4H2,1H3,(H,12,14)(H,17,18)/t6-,7?,8?,9+,11+/m0/s1. The number of carboxylic acids is 1. The minimum atomic E-state index is -2.60. The van der Waals surface area contributed by atoms with E-state index in [2.05, 4.69) is 5.32 Å². The normalized spacial score (nSPS) is 35.4. The minimum Gasteiger partial charge on any atom is -0.477 e. The molecule has 0 aromatic heterocycles. The van der Waals surface area contributed by atoms with E-state index in [0.717, 1.165) is 0 Å². The molecule has 6 N–H and O–H groups in total. The van der Waals surface area contributed by atoms with Crippen LogP contribution in [0, 0.1) is 0 Å². The molecule has 1 fully saturated rings. The van der Waals surface area contributed by atoms with Gasteiger partial charge in [0.15, 0.2) is 0 Å². The van der Waals surface area contributed by atoms with Gasteiger partial charge in [0.2, 0.25) is 5.91 Å². The van der Waals surface area contributed by atoms with Crippen LogP contribution < -0.4 is 5.32 Å². The van der Waals surface area contributed by atoms with Gasteiger partial charge >= 0.3 is 5.97 Å².